The Labute approximate surface area is 160 Å². The van der Waals surface area contributed by atoms with Crippen molar-refractivity contribution in [2.75, 3.05) is 15.9 Å². The van der Waals surface area contributed by atoms with Gasteiger partial charge < -0.3 is 5.32 Å². The van der Waals surface area contributed by atoms with E-state index >= 15 is 0 Å². The average Bonchev–Trinajstić information content (AvgIpc) is 2.57. The summed E-state index contributed by atoms with van der Waals surface area (Å²) in [7, 11) is -3.69. The van der Waals surface area contributed by atoms with E-state index in [4.69, 9.17) is 11.6 Å². The number of carbonyl (C=O) groups is 1. The molecule has 1 unspecified atom stereocenters. The van der Waals surface area contributed by atoms with Crippen molar-refractivity contribution in [2.45, 2.75) is 33.2 Å². The van der Waals surface area contributed by atoms with Gasteiger partial charge in [0.25, 0.3) is 0 Å². The number of benzene rings is 2. The Morgan fingerprint density at radius 1 is 1.23 bits per heavy atom. The Morgan fingerprint density at radius 3 is 2.46 bits per heavy atom. The lowest BCUT2D eigenvalue weighted by molar-refractivity contribution is -0.116. The van der Waals surface area contributed by atoms with E-state index in [1.165, 1.54) is 0 Å². The first kappa shape index (κ1) is 20.3. The van der Waals surface area contributed by atoms with E-state index < -0.39 is 22.0 Å². The second-order valence-corrected chi connectivity index (χ2v) is 8.43. The van der Waals surface area contributed by atoms with E-state index in [0.717, 1.165) is 28.1 Å². The van der Waals surface area contributed by atoms with Crippen LogP contribution in [0.25, 0.3) is 0 Å². The van der Waals surface area contributed by atoms with Crippen molar-refractivity contribution in [3.63, 3.8) is 0 Å². The zero-order chi connectivity index (χ0) is 19.5. The third kappa shape index (κ3) is 4.56. The van der Waals surface area contributed by atoms with Crippen LogP contribution in [0.5, 0.6) is 0 Å². The zero-order valence-corrected chi connectivity index (χ0v) is 16.9. The van der Waals surface area contributed by atoms with Gasteiger partial charge in [-0.25, -0.2) is 8.42 Å². The minimum absolute atomic E-state index is 0.356. The van der Waals surface area contributed by atoms with Gasteiger partial charge in [-0.05, 0) is 49.6 Å². The second-order valence-electron chi connectivity index (χ2n) is 6.17. The second kappa shape index (κ2) is 8.10. The first-order valence-corrected chi connectivity index (χ1v) is 10.5. The van der Waals surface area contributed by atoms with Crippen LogP contribution in [-0.4, -0.2) is 26.6 Å². The van der Waals surface area contributed by atoms with Crippen LogP contribution in [-0.2, 0) is 21.2 Å². The molecule has 7 heteroatoms. The van der Waals surface area contributed by atoms with E-state index in [9.17, 15) is 13.2 Å². The fraction of sp³-hybridized carbons (Fsp3) is 0.316. The Hall–Kier alpha value is -2.05. The van der Waals surface area contributed by atoms with Gasteiger partial charge in [-0.15, -0.1) is 0 Å². The van der Waals surface area contributed by atoms with Crippen LogP contribution >= 0.6 is 11.6 Å². The lowest BCUT2D eigenvalue weighted by atomic mass is 10.1. The predicted octanol–water partition coefficient (Wildman–Crippen LogP) is 4.00. The fourth-order valence-corrected chi connectivity index (χ4v) is 4.06. The van der Waals surface area contributed by atoms with Crippen molar-refractivity contribution in [3.05, 3.63) is 58.6 Å². The van der Waals surface area contributed by atoms with Gasteiger partial charge in [0.2, 0.25) is 15.9 Å². The highest BCUT2D eigenvalue weighted by molar-refractivity contribution is 7.92. The molecule has 140 valence electrons. The number of hydrogen-bond acceptors (Lipinski definition) is 3. The number of sulfonamides is 1. The number of hydrogen-bond donors (Lipinski definition) is 1. The summed E-state index contributed by atoms with van der Waals surface area (Å²) in [5.41, 5.74) is 2.85. The molecule has 0 fully saturated rings. The van der Waals surface area contributed by atoms with Crippen LogP contribution in [0.4, 0.5) is 11.4 Å². The zero-order valence-electron chi connectivity index (χ0n) is 15.3. The number of rotatable bonds is 6. The van der Waals surface area contributed by atoms with Crippen LogP contribution in [0.2, 0.25) is 5.02 Å². The normalized spacial score (nSPS) is 12.5. The number of halogens is 1. The summed E-state index contributed by atoms with van der Waals surface area (Å²) in [6.07, 6.45) is 1.83. The van der Waals surface area contributed by atoms with Crippen molar-refractivity contribution in [2.24, 2.45) is 0 Å². The van der Waals surface area contributed by atoms with Gasteiger partial charge in [-0.3, -0.25) is 9.10 Å². The number of nitrogens with one attached hydrogen (secondary N) is 1. The Kier molecular flexibility index (Phi) is 6.31. The molecule has 0 radical (unpaired) electrons. The molecule has 0 spiro atoms. The summed E-state index contributed by atoms with van der Waals surface area (Å²) in [4.78, 5) is 12.7. The molecule has 2 aromatic rings. The smallest absolute Gasteiger partial charge is 0.248 e. The molecule has 0 bridgehead atoms. The summed E-state index contributed by atoms with van der Waals surface area (Å²) >= 11 is 6.14. The van der Waals surface area contributed by atoms with Crippen LogP contribution in [0.15, 0.2) is 42.5 Å². The molecule has 0 saturated carbocycles. The molecule has 0 heterocycles. The molecule has 2 aromatic carbocycles. The van der Waals surface area contributed by atoms with Crippen molar-refractivity contribution >= 4 is 38.9 Å². The number of amides is 1. The molecule has 5 nitrogen and oxygen atoms in total. The summed E-state index contributed by atoms with van der Waals surface area (Å²) in [5.74, 6) is -0.409. The van der Waals surface area contributed by atoms with E-state index in [1.807, 2.05) is 32.0 Å². The SMILES string of the molecule is CCc1ccccc1NC(=O)C(C)N(c1ccc(C)c(Cl)c1)S(C)(=O)=O. The quantitative estimate of drug-likeness (QED) is 0.805. The maximum Gasteiger partial charge on any atom is 0.248 e. The third-order valence-electron chi connectivity index (χ3n) is 4.15. The summed E-state index contributed by atoms with van der Waals surface area (Å²) < 4.78 is 25.8. The van der Waals surface area contributed by atoms with E-state index in [1.54, 1.807) is 31.2 Å². The van der Waals surface area contributed by atoms with Gasteiger partial charge in [0, 0.05) is 10.7 Å². The maximum absolute atomic E-state index is 12.7. The van der Waals surface area contributed by atoms with Gasteiger partial charge in [0.1, 0.15) is 6.04 Å². The van der Waals surface area contributed by atoms with Gasteiger partial charge >= 0.3 is 0 Å². The van der Waals surface area contributed by atoms with Crippen molar-refractivity contribution < 1.29 is 13.2 Å². The largest absolute Gasteiger partial charge is 0.324 e. The maximum atomic E-state index is 12.7. The van der Waals surface area contributed by atoms with E-state index in [0.29, 0.717) is 16.4 Å². The Balaban J connectivity index is 2.36. The highest BCUT2D eigenvalue weighted by Crippen LogP contribution is 2.27. The molecule has 0 saturated heterocycles. The molecule has 1 amide bonds. The highest BCUT2D eigenvalue weighted by Gasteiger charge is 2.29. The minimum atomic E-state index is -3.69. The van der Waals surface area contributed by atoms with Crippen LogP contribution in [0.1, 0.15) is 25.0 Å². The van der Waals surface area contributed by atoms with Crippen molar-refractivity contribution in [1.82, 2.24) is 0 Å². The standard InChI is InChI=1S/C19H23ClN2O3S/c1-5-15-8-6-7-9-18(15)21-19(23)14(3)22(26(4,24)25)16-11-10-13(2)17(20)12-16/h6-12,14H,5H2,1-4H3,(H,21,23). The molecule has 0 aliphatic carbocycles. The summed E-state index contributed by atoms with van der Waals surface area (Å²) in [6.45, 7) is 5.37. The summed E-state index contributed by atoms with van der Waals surface area (Å²) in [6, 6.07) is 11.4. The molecule has 26 heavy (non-hydrogen) atoms. The van der Waals surface area contributed by atoms with Crippen LogP contribution in [0, 0.1) is 6.92 Å². The Bertz CT molecular complexity index is 913. The lowest BCUT2D eigenvalue weighted by Crippen LogP contribution is -2.45. The van der Waals surface area contributed by atoms with Gasteiger partial charge in [-0.1, -0.05) is 42.8 Å². The predicted molar refractivity (Wildman–Crippen MR) is 107 cm³/mol. The van der Waals surface area contributed by atoms with Gasteiger partial charge in [0.15, 0.2) is 0 Å². The molecular weight excluding hydrogens is 372 g/mol. The number of anilines is 2. The molecule has 1 atom stereocenters. The van der Waals surface area contributed by atoms with Crippen molar-refractivity contribution in [3.8, 4) is 0 Å². The monoisotopic (exact) mass is 394 g/mol. The van der Waals surface area contributed by atoms with E-state index in [2.05, 4.69) is 5.32 Å². The number of aryl methyl sites for hydroxylation is 2. The third-order valence-corrected chi connectivity index (χ3v) is 5.80. The first-order chi connectivity index (χ1) is 12.1. The molecule has 0 aliphatic heterocycles. The molecule has 2 rings (SSSR count). The molecule has 0 aliphatic rings. The van der Waals surface area contributed by atoms with Gasteiger partial charge in [0.05, 0.1) is 11.9 Å². The molecular formula is C19H23ClN2O3S. The first-order valence-electron chi connectivity index (χ1n) is 8.29. The number of para-hydroxylation sites is 1. The van der Waals surface area contributed by atoms with Crippen molar-refractivity contribution in [1.29, 1.82) is 0 Å². The Morgan fingerprint density at radius 2 is 1.88 bits per heavy atom. The summed E-state index contributed by atoms with van der Waals surface area (Å²) in [5, 5.41) is 3.28. The topological polar surface area (TPSA) is 66.5 Å². The highest BCUT2D eigenvalue weighted by atomic mass is 35.5. The fourth-order valence-electron chi connectivity index (χ4n) is 2.72. The van der Waals surface area contributed by atoms with Crippen LogP contribution in [0.3, 0.4) is 0 Å². The lowest BCUT2D eigenvalue weighted by Gasteiger charge is -2.28. The molecule has 1 N–H and O–H groups in total. The van der Waals surface area contributed by atoms with Gasteiger partial charge in [-0.2, -0.15) is 0 Å². The number of nitrogens with zero attached hydrogens (tertiary/aromatic N) is 1. The molecule has 0 aromatic heterocycles. The van der Waals surface area contributed by atoms with Crippen LogP contribution < -0.4 is 9.62 Å². The number of carbonyl (C=O) groups excluding carboxylic acids is 1. The van der Waals surface area contributed by atoms with E-state index in [-0.39, 0.29) is 0 Å². The minimum Gasteiger partial charge on any atom is -0.324 e. The average molecular weight is 395 g/mol.